The van der Waals surface area contributed by atoms with Gasteiger partial charge in [0, 0.05) is 32.0 Å². The Labute approximate surface area is 157 Å². The van der Waals surface area contributed by atoms with Gasteiger partial charge in [-0.2, -0.15) is 0 Å². The highest BCUT2D eigenvalue weighted by atomic mass is 19.1. The Balaban J connectivity index is 1.38. The van der Waals surface area contributed by atoms with Crippen molar-refractivity contribution in [2.45, 2.75) is 19.3 Å². The molecule has 1 fully saturated rings. The molecule has 0 spiro atoms. The number of rotatable bonds is 5. The van der Waals surface area contributed by atoms with Crippen LogP contribution >= 0.6 is 0 Å². The number of para-hydroxylation sites is 1. The number of carbonyl (C=O) groups excluding carboxylic acids is 2. The number of likely N-dealkylation sites (tertiary alicyclic amines) is 1. The van der Waals surface area contributed by atoms with Crippen molar-refractivity contribution in [2.75, 3.05) is 25.0 Å². The zero-order valence-electron chi connectivity index (χ0n) is 14.9. The summed E-state index contributed by atoms with van der Waals surface area (Å²) in [6, 6.07) is 5.84. The number of piperidine rings is 1. The summed E-state index contributed by atoms with van der Waals surface area (Å²) in [7, 11) is 0. The molecule has 27 heavy (non-hydrogen) atoms. The highest BCUT2D eigenvalue weighted by Crippen LogP contribution is 2.21. The van der Waals surface area contributed by atoms with Crippen molar-refractivity contribution < 1.29 is 14.0 Å². The molecule has 2 aromatic rings. The number of nitrogens with one attached hydrogen (secondary N) is 2. The zero-order chi connectivity index (χ0) is 19.1. The molecule has 0 bridgehead atoms. The molecule has 7 nitrogen and oxygen atoms in total. The minimum Gasteiger partial charge on any atom is -0.351 e. The Kier molecular flexibility index (Phi) is 6.30. The van der Waals surface area contributed by atoms with Crippen LogP contribution in [0.25, 0.3) is 0 Å². The lowest BCUT2D eigenvalue weighted by atomic mass is 9.93. The molecular weight excluding hydrogens is 349 g/mol. The van der Waals surface area contributed by atoms with E-state index in [4.69, 9.17) is 0 Å². The van der Waals surface area contributed by atoms with Crippen molar-refractivity contribution in [1.29, 1.82) is 0 Å². The first-order chi connectivity index (χ1) is 13.1. The average Bonchev–Trinajstić information content (AvgIpc) is 2.71. The van der Waals surface area contributed by atoms with Crippen LogP contribution in [0.15, 0.2) is 42.9 Å². The summed E-state index contributed by atoms with van der Waals surface area (Å²) in [5.74, 6) is -0.242. The summed E-state index contributed by atoms with van der Waals surface area (Å²) in [5, 5.41) is 5.46. The van der Waals surface area contributed by atoms with Crippen LogP contribution in [0.3, 0.4) is 0 Å². The van der Waals surface area contributed by atoms with E-state index in [2.05, 4.69) is 20.6 Å². The van der Waals surface area contributed by atoms with Crippen LogP contribution in [0.4, 0.5) is 14.9 Å². The number of anilines is 1. The van der Waals surface area contributed by atoms with Gasteiger partial charge in [-0.15, -0.1) is 0 Å². The van der Waals surface area contributed by atoms with Crippen molar-refractivity contribution in [2.24, 2.45) is 5.92 Å². The second kappa shape index (κ2) is 9.07. The Morgan fingerprint density at radius 2 is 1.96 bits per heavy atom. The van der Waals surface area contributed by atoms with Gasteiger partial charge in [-0.05, 0) is 37.3 Å². The van der Waals surface area contributed by atoms with Crippen molar-refractivity contribution in [1.82, 2.24) is 20.2 Å². The quantitative estimate of drug-likeness (QED) is 0.846. The minimum atomic E-state index is -0.445. The SMILES string of the molecule is O=C(NCCC1CCN(C(=O)Nc2ccccc2F)CC1)c1cnccn1. The van der Waals surface area contributed by atoms with Gasteiger partial charge in [-0.25, -0.2) is 14.2 Å². The van der Waals surface area contributed by atoms with Crippen LogP contribution in [0, 0.1) is 11.7 Å². The number of hydrogen-bond acceptors (Lipinski definition) is 4. The highest BCUT2D eigenvalue weighted by Gasteiger charge is 2.23. The molecular formula is C19H22FN5O2. The monoisotopic (exact) mass is 371 g/mol. The van der Waals surface area contributed by atoms with E-state index in [-0.39, 0.29) is 17.6 Å². The fourth-order valence-corrected chi connectivity index (χ4v) is 3.08. The molecule has 1 aromatic carbocycles. The Morgan fingerprint density at radius 3 is 2.67 bits per heavy atom. The van der Waals surface area contributed by atoms with Gasteiger partial charge in [-0.3, -0.25) is 9.78 Å². The molecule has 0 unspecified atom stereocenters. The third kappa shape index (κ3) is 5.22. The maximum absolute atomic E-state index is 13.6. The van der Waals surface area contributed by atoms with Gasteiger partial charge in [0.25, 0.3) is 5.91 Å². The van der Waals surface area contributed by atoms with Gasteiger partial charge < -0.3 is 15.5 Å². The average molecular weight is 371 g/mol. The summed E-state index contributed by atoms with van der Waals surface area (Å²) < 4.78 is 13.6. The van der Waals surface area contributed by atoms with Crippen molar-refractivity contribution in [3.8, 4) is 0 Å². The third-order valence-corrected chi connectivity index (χ3v) is 4.65. The zero-order valence-corrected chi connectivity index (χ0v) is 14.9. The molecule has 8 heteroatoms. The number of carbonyl (C=O) groups is 2. The van der Waals surface area contributed by atoms with E-state index < -0.39 is 5.82 Å². The molecule has 2 N–H and O–H groups in total. The molecule has 0 radical (unpaired) electrons. The number of urea groups is 1. The molecule has 142 valence electrons. The van der Waals surface area contributed by atoms with Gasteiger partial charge in [0.2, 0.25) is 0 Å². The number of hydrogen-bond donors (Lipinski definition) is 2. The lowest BCUT2D eigenvalue weighted by molar-refractivity contribution is 0.0944. The van der Waals surface area contributed by atoms with Crippen molar-refractivity contribution in [3.05, 3.63) is 54.4 Å². The lowest BCUT2D eigenvalue weighted by Gasteiger charge is -2.32. The maximum atomic E-state index is 13.6. The number of nitrogens with zero attached hydrogens (tertiary/aromatic N) is 3. The maximum Gasteiger partial charge on any atom is 0.321 e. The van der Waals surface area contributed by atoms with Crippen LogP contribution in [0.1, 0.15) is 29.8 Å². The predicted octanol–water partition coefficient (Wildman–Crippen LogP) is 2.68. The smallest absolute Gasteiger partial charge is 0.321 e. The molecule has 1 saturated heterocycles. The molecule has 0 atom stereocenters. The van der Waals surface area contributed by atoms with E-state index in [1.54, 1.807) is 23.1 Å². The molecule has 3 rings (SSSR count). The first kappa shape index (κ1) is 18.8. The van der Waals surface area contributed by atoms with Crippen molar-refractivity contribution >= 4 is 17.6 Å². The van der Waals surface area contributed by atoms with E-state index in [0.29, 0.717) is 31.2 Å². The van der Waals surface area contributed by atoms with Crippen LogP contribution in [0.2, 0.25) is 0 Å². The Morgan fingerprint density at radius 1 is 1.19 bits per heavy atom. The lowest BCUT2D eigenvalue weighted by Crippen LogP contribution is -2.41. The summed E-state index contributed by atoms with van der Waals surface area (Å²) in [5.41, 5.74) is 0.494. The normalized spacial score (nSPS) is 14.6. The number of amides is 3. The Hall–Kier alpha value is -3.03. The second-order valence-corrected chi connectivity index (χ2v) is 6.48. The van der Waals surface area contributed by atoms with Gasteiger partial charge in [0.05, 0.1) is 11.9 Å². The Bertz CT molecular complexity index is 779. The van der Waals surface area contributed by atoms with E-state index in [9.17, 15) is 14.0 Å². The van der Waals surface area contributed by atoms with Crippen LogP contribution in [-0.4, -0.2) is 46.4 Å². The van der Waals surface area contributed by atoms with E-state index in [1.807, 2.05) is 0 Å². The number of benzene rings is 1. The standard InChI is InChI=1S/C19H22FN5O2/c20-15-3-1-2-4-16(15)24-19(27)25-11-6-14(7-12-25)5-8-23-18(26)17-13-21-9-10-22-17/h1-4,9-10,13-14H,5-8,11-12H2,(H,23,26)(H,24,27). The van der Waals surface area contributed by atoms with Gasteiger partial charge in [0.1, 0.15) is 11.5 Å². The fraction of sp³-hybridized carbons (Fsp3) is 0.368. The first-order valence-electron chi connectivity index (χ1n) is 8.98. The van der Waals surface area contributed by atoms with Crippen LogP contribution in [-0.2, 0) is 0 Å². The molecule has 0 saturated carbocycles. The first-order valence-corrected chi connectivity index (χ1v) is 8.98. The van der Waals surface area contributed by atoms with E-state index in [0.717, 1.165) is 19.3 Å². The fourth-order valence-electron chi connectivity index (χ4n) is 3.08. The summed E-state index contributed by atoms with van der Waals surface area (Å²) in [4.78, 5) is 33.7. The topological polar surface area (TPSA) is 87.2 Å². The second-order valence-electron chi connectivity index (χ2n) is 6.48. The molecule has 3 amide bonds. The van der Waals surface area contributed by atoms with Crippen LogP contribution < -0.4 is 10.6 Å². The van der Waals surface area contributed by atoms with E-state index in [1.165, 1.54) is 24.7 Å². The predicted molar refractivity (Wildman–Crippen MR) is 98.7 cm³/mol. The highest BCUT2D eigenvalue weighted by molar-refractivity contribution is 5.91. The summed E-state index contributed by atoms with van der Waals surface area (Å²) >= 11 is 0. The molecule has 1 aliphatic rings. The largest absolute Gasteiger partial charge is 0.351 e. The summed E-state index contributed by atoms with van der Waals surface area (Å²) in [6.07, 6.45) is 6.98. The van der Waals surface area contributed by atoms with Gasteiger partial charge >= 0.3 is 6.03 Å². The minimum absolute atomic E-state index is 0.191. The van der Waals surface area contributed by atoms with Gasteiger partial charge in [0.15, 0.2) is 0 Å². The number of aromatic nitrogens is 2. The molecule has 0 aliphatic carbocycles. The van der Waals surface area contributed by atoms with Crippen molar-refractivity contribution in [3.63, 3.8) is 0 Å². The molecule has 1 aromatic heterocycles. The van der Waals surface area contributed by atoms with Gasteiger partial charge in [-0.1, -0.05) is 12.1 Å². The van der Waals surface area contributed by atoms with Crippen LogP contribution in [0.5, 0.6) is 0 Å². The molecule has 2 heterocycles. The number of halogens is 1. The molecule has 1 aliphatic heterocycles. The van der Waals surface area contributed by atoms with E-state index >= 15 is 0 Å². The third-order valence-electron chi connectivity index (χ3n) is 4.65. The summed E-state index contributed by atoms with van der Waals surface area (Å²) in [6.45, 7) is 1.79.